The van der Waals surface area contributed by atoms with Crippen LogP contribution in [0.5, 0.6) is 11.5 Å². The Morgan fingerprint density at radius 3 is 2.39 bits per heavy atom. The molecule has 0 heterocycles. The van der Waals surface area contributed by atoms with Crippen molar-refractivity contribution in [2.24, 2.45) is 5.16 Å². The summed E-state index contributed by atoms with van der Waals surface area (Å²) >= 11 is 0. The van der Waals surface area contributed by atoms with Gasteiger partial charge in [0, 0.05) is 18.2 Å². The summed E-state index contributed by atoms with van der Waals surface area (Å²) in [5.41, 5.74) is 2.94. The third kappa shape index (κ3) is 6.62. The molecule has 0 fully saturated rings. The molecule has 0 aromatic heterocycles. The Labute approximate surface area is 183 Å². The summed E-state index contributed by atoms with van der Waals surface area (Å²) in [6, 6.07) is 13.0. The number of rotatable bonds is 11. The summed E-state index contributed by atoms with van der Waals surface area (Å²) in [5, 5.41) is 4.23. The molecule has 0 aliphatic heterocycles. The molecule has 2 aromatic rings. The minimum atomic E-state index is -0.521. The molecule has 0 N–H and O–H groups in total. The summed E-state index contributed by atoms with van der Waals surface area (Å²) in [6.07, 6.45) is -0.521. The zero-order chi connectivity index (χ0) is 22.6. The van der Waals surface area contributed by atoms with Crippen LogP contribution in [0.4, 0.5) is 10.5 Å². The highest BCUT2D eigenvalue weighted by Crippen LogP contribution is 2.29. The molecule has 2 aromatic carbocycles. The predicted molar refractivity (Wildman–Crippen MR) is 119 cm³/mol. The Morgan fingerprint density at radius 1 is 1.00 bits per heavy atom. The molecule has 0 spiro atoms. The Balaban J connectivity index is 2.17. The lowest BCUT2D eigenvalue weighted by molar-refractivity contribution is 0.129. The van der Waals surface area contributed by atoms with E-state index in [9.17, 15) is 4.79 Å². The van der Waals surface area contributed by atoms with E-state index in [-0.39, 0.29) is 13.3 Å². The molecule has 0 unspecified atom stereocenters. The van der Waals surface area contributed by atoms with E-state index in [1.807, 2.05) is 57.2 Å². The van der Waals surface area contributed by atoms with Crippen molar-refractivity contribution in [3.05, 3.63) is 53.6 Å². The Hall–Kier alpha value is -3.26. The normalized spacial score (nSPS) is 11.1. The smallest absolute Gasteiger partial charge is 0.415 e. The third-order valence-electron chi connectivity index (χ3n) is 4.32. The summed E-state index contributed by atoms with van der Waals surface area (Å²) in [7, 11) is 2.83. The lowest BCUT2D eigenvalue weighted by Crippen LogP contribution is -2.33. The van der Waals surface area contributed by atoms with Crippen molar-refractivity contribution in [1.82, 2.24) is 0 Å². The minimum absolute atomic E-state index is 0.0539. The second-order valence-corrected chi connectivity index (χ2v) is 6.42. The molecule has 8 nitrogen and oxygen atoms in total. The van der Waals surface area contributed by atoms with Crippen LogP contribution in [-0.2, 0) is 20.9 Å². The molecule has 0 aliphatic rings. The number of amides is 1. The quantitative estimate of drug-likeness (QED) is 0.294. The van der Waals surface area contributed by atoms with Gasteiger partial charge in [0.25, 0.3) is 0 Å². The molecule has 2 rings (SSSR count). The molecule has 0 saturated carbocycles. The van der Waals surface area contributed by atoms with Crippen LogP contribution in [0.2, 0.25) is 0 Å². The first kappa shape index (κ1) is 24.0. The monoisotopic (exact) mass is 430 g/mol. The van der Waals surface area contributed by atoms with Gasteiger partial charge in [-0.05, 0) is 45.0 Å². The van der Waals surface area contributed by atoms with Crippen molar-refractivity contribution in [2.45, 2.75) is 27.4 Å². The molecule has 168 valence electrons. The lowest BCUT2D eigenvalue weighted by atomic mass is 10.1. The molecule has 0 aliphatic carbocycles. The van der Waals surface area contributed by atoms with Gasteiger partial charge in [0.2, 0.25) is 0 Å². The number of methoxy groups -OCH3 is 2. The summed E-state index contributed by atoms with van der Waals surface area (Å²) < 4.78 is 21.2. The van der Waals surface area contributed by atoms with Crippen LogP contribution < -0.4 is 14.4 Å². The average molecular weight is 431 g/mol. The van der Waals surface area contributed by atoms with Gasteiger partial charge in [0.05, 0.1) is 31.7 Å². The lowest BCUT2D eigenvalue weighted by Gasteiger charge is -2.22. The van der Waals surface area contributed by atoms with Gasteiger partial charge in [0.15, 0.2) is 11.5 Å². The van der Waals surface area contributed by atoms with Gasteiger partial charge in [-0.25, -0.2) is 4.79 Å². The maximum atomic E-state index is 12.1. The largest absolute Gasteiger partial charge is 0.490 e. The molecule has 0 radical (unpaired) electrons. The van der Waals surface area contributed by atoms with Crippen LogP contribution in [-0.4, -0.2) is 46.0 Å². The highest BCUT2D eigenvalue weighted by Gasteiger charge is 2.19. The van der Waals surface area contributed by atoms with Crippen molar-refractivity contribution in [1.29, 1.82) is 0 Å². The van der Waals surface area contributed by atoms with E-state index in [0.717, 1.165) is 11.1 Å². The molecule has 1 amide bonds. The molecular weight excluding hydrogens is 400 g/mol. The van der Waals surface area contributed by atoms with E-state index in [1.54, 1.807) is 6.07 Å². The maximum absolute atomic E-state index is 12.1. The van der Waals surface area contributed by atoms with Crippen molar-refractivity contribution >= 4 is 17.5 Å². The van der Waals surface area contributed by atoms with Crippen LogP contribution in [0.15, 0.2) is 47.6 Å². The number of hydrogen-bond acceptors (Lipinski definition) is 7. The number of carbonyl (C=O) groups excluding carboxylic acids is 1. The number of anilines is 1. The minimum Gasteiger partial charge on any atom is -0.490 e. The molecule has 0 bridgehead atoms. The van der Waals surface area contributed by atoms with Gasteiger partial charge in [-0.2, -0.15) is 0 Å². The SMILES string of the molecule is CCOc1ccc(C(C)=NOCc2ccccc2N(COC)C(=O)OC)cc1OCC. The van der Waals surface area contributed by atoms with Crippen LogP contribution >= 0.6 is 0 Å². The van der Waals surface area contributed by atoms with Gasteiger partial charge in [-0.3, -0.25) is 4.90 Å². The fourth-order valence-corrected chi connectivity index (χ4v) is 2.88. The summed E-state index contributed by atoms with van der Waals surface area (Å²) in [6.45, 7) is 7.01. The number of nitrogens with zero attached hydrogens (tertiary/aromatic N) is 2. The summed E-state index contributed by atoms with van der Waals surface area (Å²) in [4.78, 5) is 19.1. The van der Waals surface area contributed by atoms with E-state index in [4.69, 9.17) is 23.8 Å². The predicted octanol–water partition coefficient (Wildman–Crippen LogP) is 4.60. The first-order valence-corrected chi connectivity index (χ1v) is 10.0. The fourth-order valence-electron chi connectivity index (χ4n) is 2.88. The number of para-hydroxylation sites is 1. The van der Waals surface area contributed by atoms with E-state index in [1.165, 1.54) is 19.1 Å². The van der Waals surface area contributed by atoms with Crippen molar-refractivity contribution in [2.75, 3.05) is 39.1 Å². The van der Waals surface area contributed by atoms with Crippen molar-refractivity contribution in [3.8, 4) is 11.5 Å². The van der Waals surface area contributed by atoms with E-state index >= 15 is 0 Å². The van der Waals surface area contributed by atoms with Gasteiger partial charge in [-0.1, -0.05) is 23.4 Å². The number of ether oxygens (including phenoxy) is 4. The summed E-state index contributed by atoms with van der Waals surface area (Å²) in [5.74, 6) is 1.35. The number of oxime groups is 1. The van der Waals surface area contributed by atoms with E-state index in [2.05, 4.69) is 5.16 Å². The maximum Gasteiger partial charge on any atom is 0.415 e. The molecule has 8 heteroatoms. The van der Waals surface area contributed by atoms with Gasteiger partial charge in [-0.15, -0.1) is 0 Å². The van der Waals surface area contributed by atoms with Gasteiger partial charge >= 0.3 is 6.09 Å². The first-order valence-electron chi connectivity index (χ1n) is 10.0. The number of hydrogen-bond donors (Lipinski definition) is 0. The van der Waals surface area contributed by atoms with Crippen molar-refractivity contribution < 1.29 is 28.6 Å². The first-order chi connectivity index (χ1) is 15.0. The van der Waals surface area contributed by atoms with Gasteiger partial charge in [0.1, 0.15) is 13.3 Å². The highest BCUT2D eigenvalue weighted by atomic mass is 16.6. The Bertz CT molecular complexity index is 884. The Morgan fingerprint density at radius 2 is 1.71 bits per heavy atom. The molecular formula is C23H30N2O6. The highest BCUT2D eigenvalue weighted by molar-refractivity contribution is 5.98. The second kappa shape index (κ2) is 12.4. The van der Waals surface area contributed by atoms with Crippen LogP contribution in [0.3, 0.4) is 0 Å². The zero-order valence-electron chi connectivity index (χ0n) is 18.7. The van der Waals surface area contributed by atoms with Crippen LogP contribution in [0.1, 0.15) is 31.9 Å². The molecule has 31 heavy (non-hydrogen) atoms. The number of benzene rings is 2. The van der Waals surface area contributed by atoms with E-state index in [0.29, 0.717) is 36.1 Å². The van der Waals surface area contributed by atoms with Gasteiger partial charge < -0.3 is 23.8 Å². The third-order valence-corrected chi connectivity index (χ3v) is 4.32. The average Bonchev–Trinajstić information content (AvgIpc) is 2.79. The fraction of sp³-hybridized carbons (Fsp3) is 0.391. The van der Waals surface area contributed by atoms with Crippen molar-refractivity contribution in [3.63, 3.8) is 0 Å². The second-order valence-electron chi connectivity index (χ2n) is 6.42. The standard InChI is InChI=1S/C23H30N2O6/c1-6-29-21-13-12-18(14-22(21)30-7-2)17(3)24-31-15-19-10-8-9-11-20(19)25(16-27-4)23(26)28-5/h8-14H,6-7,15-16H2,1-5H3. The zero-order valence-corrected chi connectivity index (χ0v) is 18.7. The van der Waals surface area contributed by atoms with Crippen LogP contribution in [0.25, 0.3) is 0 Å². The Kier molecular flexibility index (Phi) is 9.64. The number of carbonyl (C=O) groups is 1. The molecule has 0 atom stereocenters. The van der Waals surface area contributed by atoms with Crippen LogP contribution in [0, 0.1) is 0 Å². The molecule has 0 saturated heterocycles. The topological polar surface area (TPSA) is 78.8 Å². The van der Waals surface area contributed by atoms with E-state index < -0.39 is 6.09 Å².